The standard InChI is InChI=1S/C14H15F6N/c1-8(2)21(4)9(3)10-5-11(13(15,16)17)7-12(6-10)14(18,19)20/h5-7,9H,1H2,2-4H3. The van der Waals surface area contributed by atoms with E-state index in [0.717, 1.165) is 12.1 Å². The Balaban J connectivity index is 3.42. The maximum atomic E-state index is 12.8. The normalized spacial score (nSPS) is 14.0. The SMILES string of the molecule is C=C(C)N(C)C(C)c1cc(C(F)(F)F)cc(C(F)(F)F)c1. The number of allylic oxidation sites excluding steroid dienone is 1. The Morgan fingerprint density at radius 3 is 1.67 bits per heavy atom. The zero-order valence-electron chi connectivity index (χ0n) is 11.7. The van der Waals surface area contributed by atoms with Crippen LogP contribution in [0.5, 0.6) is 0 Å². The summed E-state index contributed by atoms with van der Waals surface area (Å²) < 4.78 is 76.6. The van der Waals surface area contributed by atoms with Gasteiger partial charge in [-0.05, 0) is 37.6 Å². The first-order valence-corrected chi connectivity index (χ1v) is 6.01. The molecule has 0 saturated carbocycles. The second-order valence-corrected chi connectivity index (χ2v) is 4.86. The van der Waals surface area contributed by atoms with Crippen molar-refractivity contribution < 1.29 is 26.3 Å². The molecule has 0 aliphatic heterocycles. The molecule has 0 N–H and O–H groups in total. The molecular weight excluding hydrogens is 296 g/mol. The van der Waals surface area contributed by atoms with E-state index in [1.54, 1.807) is 14.0 Å². The summed E-state index contributed by atoms with van der Waals surface area (Å²) in [5.74, 6) is 0. The first-order chi connectivity index (χ1) is 9.34. The van der Waals surface area contributed by atoms with E-state index in [-0.39, 0.29) is 11.6 Å². The summed E-state index contributed by atoms with van der Waals surface area (Å²) in [4.78, 5) is 1.51. The molecule has 0 aliphatic carbocycles. The zero-order chi connectivity index (χ0) is 16.6. The van der Waals surface area contributed by atoms with Gasteiger partial charge in [0.1, 0.15) is 0 Å². The maximum absolute atomic E-state index is 12.8. The number of halogens is 6. The third kappa shape index (κ3) is 4.15. The Bertz CT molecular complexity index is 497. The summed E-state index contributed by atoms with van der Waals surface area (Å²) in [5, 5.41) is 0. The smallest absolute Gasteiger partial charge is 0.372 e. The van der Waals surface area contributed by atoms with Crippen LogP contribution in [0.2, 0.25) is 0 Å². The minimum absolute atomic E-state index is 0.0670. The van der Waals surface area contributed by atoms with E-state index in [4.69, 9.17) is 0 Å². The van der Waals surface area contributed by atoms with Crippen LogP contribution in [0.4, 0.5) is 26.3 Å². The molecule has 1 aromatic carbocycles. The Kier molecular flexibility index (Phi) is 4.65. The maximum Gasteiger partial charge on any atom is 0.416 e. The Hall–Kier alpha value is -1.66. The second kappa shape index (κ2) is 5.61. The van der Waals surface area contributed by atoms with E-state index >= 15 is 0 Å². The average molecular weight is 311 g/mol. The van der Waals surface area contributed by atoms with Crippen molar-refractivity contribution in [3.05, 3.63) is 47.2 Å². The number of benzene rings is 1. The minimum atomic E-state index is -4.84. The van der Waals surface area contributed by atoms with E-state index < -0.39 is 29.5 Å². The molecule has 118 valence electrons. The number of nitrogens with zero attached hydrogens (tertiary/aromatic N) is 1. The highest BCUT2D eigenvalue weighted by atomic mass is 19.4. The molecule has 0 fully saturated rings. The molecule has 1 nitrogen and oxygen atoms in total. The fourth-order valence-electron chi connectivity index (χ4n) is 1.77. The van der Waals surface area contributed by atoms with E-state index in [9.17, 15) is 26.3 Å². The molecular formula is C14H15F6N. The van der Waals surface area contributed by atoms with Crippen molar-refractivity contribution in [2.24, 2.45) is 0 Å². The summed E-state index contributed by atoms with van der Waals surface area (Å²) in [6, 6.07) is 0.932. The second-order valence-electron chi connectivity index (χ2n) is 4.86. The minimum Gasteiger partial charge on any atom is -0.372 e. The monoisotopic (exact) mass is 311 g/mol. The van der Waals surface area contributed by atoms with Crippen molar-refractivity contribution >= 4 is 0 Å². The summed E-state index contributed by atoms with van der Waals surface area (Å²) in [6.45, 7) is 6.76. The zero-order valence-corrected chi connectivity index (χ0v) is 11.7. The van der Waals surface area contributed by atoms with Crippen molar-refractivity contribution in [2.45, 2.75) is 32.2 Å². The molecule has 1 unspecified atom stereocenters. The molecule has 7 heteroatoms. The molecule has 0 spiro atoms. The van der Waals surface area contributed by atoms with Gasteiger partial charge in [0.15, 0.2) is 0 Å². The van der Waals surface area contributed by atoms with Crippen LogP contribution < -0.4 is 0 Å². The molecule has 21 heavy (non-hydrogen) atoms. The first-order valence-electron chi connectivity index (χ1n) is 6.01. The van der Waals surface area contributed by atoms with Crippen LogP contribution in [0, 0.1) is 0 Å². The number of alkyl halides is 6. The molecule has 0 heterocycles. The number of rotatable bonds is 3. The summed E-state index contributed by atoms with van der Waals surface area (Å²) in [5.41, 5.74) is -2.15. The Labute approximate surface area is 118 Å². The average Bonchev–Trinajstić information content (AvgIpc) is 2.34. The number of hydrogen-bond acceptors (Lipinski definition) is 1. The van der Waals surface area contributed by atoms with Crippen LogP contribution in [-0.4, -0.2) is 11.9 Å². The highest BCUT2D eigenvalue weighted by molar-refractivity contribution is 5.35. The van der Waals surface area contributed by atoms with Crippen molar-refractivity contribution in [1.82, 2.24) is 4.90 Å². The van der Waals surface area contributed by atoms with Crippen LogP contribution in [0.1, 0.15) is 36.6 Å². The van der Waals surface area contributed by atoms with Crippen LogP contribution >= 0.6 is 0 Å². The third-order valence-electron chi connectivity index (χ3n) is 3.28. The molecule has 1 atom stereocenters. The summed E-state index contributed by atoms with van der Waals surface area (Å²) >= 11 is 0. The summed E-state index contributed by atoms with van der Waals surface area (Å²) in [7, 11) is 1.56. The highest BCUT2D eigenvalue weighted by Crippen LogP contribution is 2.38. The fraction of sp³-hybridized carbons (Fsp3) is 0.429. The lowest BCUT2D eigenvalue weighted by Crippen LogP contribution is -2.21. The quantitative estimate of drug-likeness (QED) is 0.689. The number of hydrogen-bond donors (Lipinski definition) is 0. The molecule has 0 saturated heterocycles. The molecule has 0 radical (unpaired) electrons. The molecule has 0 amide bonds. The van der Waals surface area contributed by atoms with Crippen LogP contribution in [-0.2, 0) is 12.4 Å². The largest absolute Gasteiger partial charge is 0.416 e. The van der Waals surface area contributed by atoms with Gasteiger partial charge in [0, 0.05) is 12.7 Å². The topological polar surface area (TPSA) is 3.24 Å². The van der Waals surface area contributed by atoms with Crippen LogP contribution in [0.15, 0.2) is 30.5 Å². The predicted octanol–water partition coefficient (Wildman–Crippen LogP) is 5.25. The van der Waals surface area contributed by atoms with Gasteiger partial charge in [-0.3, -0.25) is 0 Å². The Morgan fingerprint density at radius 1 is 1.00 bits per heavy atom. The van der Waals surface area contributed by atoms with Gasteiger partial charge < -0.3 is 4.90 Å². The highest BCUT2D eigenvalue weighted by Gasteiger charge is 2.37. The molecule has 1 aromatic rings. The molecule has 1 rings (SSSR count). The van der Waals surface area contributed by atoms with Crippen LogP contribution in [0.3, 0.4) is 0 Å². The fourth-order valence-corrected chi connectivity index (χ4v) is 1.77. The van der Waals surface area contributed by atoms with Gasteiger partial charge in [0.2, 0.25) is 0 Å². The Morgan fingerprint density at radius 2 is 1.38 bits per heavy atom. The van der Waals surface area contributed by atoms with E-state index in [0.29, 0.717) is 5.70 Å². The van der Waals surface area contributed by atoms with E-state index in [1.165, 1.54) is 11.8 Å². The molecule has 0 bridgehead atoms. The van der Waals surface area contributed by atoms with Gasteiger partial charge in [-0.1, -0.05) is 6.58 Å². The van der Waals surface area contributed by atoms with Crippen LogP contribution in [0.25, 0.3) is 0 Å². The molecule has 0 aliphatic rings. The lowest BCUT2D eigenvalue weighted by molar-refractivity contribution is -0.143. The lowest BCUT2D eigenvalue weighted by atomic mass is 9.99. The van der Waals surface area contributed by atoms with Crippen molar-refractivity contribution in [2.75, 3.05) is 7.05 Å². The van der Waals surface area contributed by atoms with Gasteiger partial charge in [0.05, 0.1) is 17.2 Å². The summed E-state index contributed by atoms with van der Waals surface area (Å²) in [6.07, 6.45) is -9.67. The van der Waals surface area contributed by atoms with Crippen molar-refractivity contribution in [3.63, 3.8) is 0 Å². The van der Waals surface area contributed by atoms with Crippen molar-refractivity contribution in [1.29, 1.82) is 0 Å². The predicted molar refractivity (Wildman–Crippen MR) is 67.4 cm³/mol. The van der Waals surface area contributed by atoms with E-state index in [2.05, 4.69) is 6.58 Å². The van der Waals surface area contributed by atoms with Gasteiger partial charge in [0.25, 0.3) is 0 Å². The first kappa shape index (κ1) is 17.4. The van der Waals surface area contributed by atoms with Crippen molar-refractivity contribution in [3.8, 4) is 0 Å². The van der Waals surface area contributed by atoms with Gasteiger partial charge >= 0.3 is 12.4 Å². The van der Waals surface area contributed by atoms with Gasteiger partial charge in [-0.25, -0.2) is 0 Å². The third-order valence-corrected chi connectivity index (χ3v) is 3.28. The molecule has 0 aromatic heterocycles. The van der Waals surface area contributed by atoms with Gasteiger partial charge in [-0.2, -0.15) is 26.3 Å². The van der Waals surface area contributed by atoms with Gasteiger partial charge in [-0.15, -0.1) is 0 Å². The van der Waals surface area contributed by atoms with E-state index in [1.807, 2.05) is 0 Å². The lowest BCUT2D eigenvalue weighted by Gasteiger charge is -2.28.